The lowest BCUT2D eigenvalue weighted by atomic mass is 10.2. The summed E-state index contributed by atoms with van der Waals surface area (Å²) in [5.41, 5.74) is 0. The zero-order valence-corrected chi connectivity index (χ0v) is 12.0. The van der Waals surface area contributed by atoms with Crippen molar-refractivity contribution in [3.8, 4) is 0 Å². The molecule has 2 N–H and O–H groups in total. The summed E-state index contributed by atoms with van der Waals surface area (Å²) in [6, 6.07) is 1.56. The molecule has 0 aliphatic carbocycles. The second kappa shape index (κ2) is 6.04. The summed E-state index contributed by atoms with van der Waals surface area (Å²) in [6.07, 6.45) is 1.88. The number of hydrogen-bond donors (Lipinski definition) is 2. The zero-order valence-electron chi connectivity index (χ0n) is 11.2. The van der Waals surface area contributed by atoms with E-state index in [-0.39, 0.29) is 11.0 Å². The Kier molecular flexibility index (Phi) is 4.62. The van der Waals surface area contributed by atoms with Gasteiger partial charge in [0.15, 0.2) is 0 Å². The largest absolute Gasteiger partial charge is 0.464 e. The Labute approximate surface area is 113 Å². The number of sulfonamides is 1. The highest BCUT2D eigenvalue weighted by Gasteiger charge is 2.24. The minimum Gasteiger partial charge on any atom is -0.464 e. The molecule has 19 heavy (non-hydrogen) atoms. The van der Waals surface area contributed by atoms with Crippen LogP contribution in [0.2, 0.25) is 0 Å². The maximum absolute atomic E-state index is 12.2. The molecule has 1 aliphatic heterocycles. The van der Waals surface area contributed by atoms with Crippen LogP contribution in [-0.4, -0.2) is 34.7 Å². The number of hydrogen-bond acceptors (Lipinski definition) is 5. The highest BCUT2D eigenvalue weighted by molar-refractivity contribution is 7.89. The van der Waals surface area contributed by atoms with Gasteiger partial charge in [-0.1, -0.05) is 0 Å². The van der Waals surface area contributed by atoms with Gasteiger partial charge in [0.05, 0.1) is 12.6 Å². The number of furan rings is 1. The summed E-state index contributed by atoms with van der Waals surface area (Å²) in [5, 5.41) is 2.92. The molecule has 2 heterocycles. The molecule has 0 aromatic carbocycles. The van der Waals surface area contributed by atoms with Crippen molar-refractivity contribution in [2.45, 2.75) is 37.3 Å². The third kappa shape index (κ3) is 3.56. The van der Waals surface area contributed by atoms with Crippen molar-refractivity contribution in [3.05, 3.63) is 17.6 Å². The Morgan fingerprint density at radius 3 is 2.89 bits per heavy atom. The second-order valence-electron chi connectivity index (χ2n) is 4.65. The van der Waals surface area contributed by atoms with Gasteiger partial charge in [-0.05, 0) is 26.8 Å². The van der Waals surface area contributed by atoms with Gasteiger partial charge in [-0.15, -0.1) is 0 Å². The molecule has 1 fully saturated rings. The van der Waals surface area contributed by atoms with Gasteiger partial charge >= 0.3 is 0 Å². The first kappa shape index (κ1) is 14.5. The smallest absolute Gasteiger partial charge is 0.244 e. The van der Waals surface area contributed by atoms with E-state index in [0.717, 1.165) is 12.8 Å². The van der Waals surface area contributed by atoms with Crippen LogP contribution in [0.5, 0.6) is 0 Å². The zero-order chi connectivity index (χ0) is 13.9. The Balaban J connectivity index is 2.05. The van der Waals surface area contributed by atoms with Crippen molar-refractivity contribution in [2.75, 3.05) is 20.2 Å². The van der Waals surface area contributed by atoms with Gasteiger partial charge < -0.3 is 14.5 Å². The lowest BCUT2D eigenvalue weighted by molar-refractivity contribution is 0.114. The minimum atomic E-state index is -3.53. The van der Waals surface area contributed by atoms with Crippen LogP contribution in [0.4, 0.5) is 0 Å². The number of ether oxygens (including phenoxy) is 1. The number of aryl methyl sites for hydroxylation is 1. The van der Waals surface area contributed by atoms with E-state index < -0.39 is 10.0 Å². The van der Waals surface area contributed by atoms with E-state index in [4.69, 9.17) is 9.15 Å². The van der Waals surface area contributed by atoms with Crippen LogP contribution in [0.25, 0.3) is 0 Å². The molecule has 1 atom stereocenters. The first-order valence-electron chi connectivity index (χ1n) is 6.38. The summed E-state index contributed by atoms with van der Waals surface area (Å²) in [4.78, 5) is 0.204. The van der Waals surface area contributed by atoms with Crippen LogP contribution in [-0.2, 0) is 21.3 Å². The molecule has 7 heteroatoms. The maximum atomic E-state index is 12.2. The molecule has 1 aromatic heterocycles. The first-order chi connectivity index (χ1) is 9.03. The Morgan fingerprint density at radius 2 is 2.26 bits per heavy atom. The molecule has 108 valence electrons. The van der Waals surface area contributed by atoms with Crippen LogP contribution in [0.1, 0.15) is 24.4 Å². The van der Waals surface area contributed by atoms with Crippen molar-refractivity contribution >= 4 is 10.0 Å². The molecule has 0 amide bonds. The first-order valence-corrected chi connectivity index (χ1v) is 7.86. The van der Waals surface area contributed by atoms with E-state index in [1.165, 1.54) is 0 Å². The minimum absolute atomic E-state index is 0.0150. The summed E-state index contributed by atoms with van der Waals surface area (Å²) in [6.45, 7) is 3.18. The summed E-state index contributed by atoms with van der Waals surface area (Å²) in [7, 11) is -1.75. The highest BCUT2D eigenvalue weighted by Crippen LogP contribution is 2.20. The van der Waals surface area contributed by atoms with E-state index >= 15 is 0 Å². The SMILES string of the molecule is CNCc1cc(S(=O)(=O)NCC2CCCO2)c(C)o1. The van der Waals surface area contributed by atoms with Crippen LogP contribution >= 0.6 is 0 Å². The molecular weight excluding hydrogens is 268 g/mol. The lowest BCUT2D eigenvalue weighted by Crippen LogP contribution is -2.31. The maximum Gasteiger partial charge on any atom is 0.244 e. The van der Waals surface area contributed by atoms with Crippen LogP contribution in [0.3, 0.4) is 0 Å². The van der Waals surface area contributed by atoms with E-state index in [1.807, 2.05) is 0 Å². The van der Waals surface area contributed by atoms with E-state index in [2.05, 4.69) is 10.0 Å². The quantitative estimate of drug-likeness (QED) is 0.808. The molecule has 1 unspecified atom stereocenters. The monoisotopic (exact) mass is 288 g/mol. The average Bonchev–Trinajstić information content (AvgIpc) is 2.97. The van der Waals surface area contributed by atoms with E-state index in [9.17, 15) is 8.42 Å². The molecule has 1 aliphatic rings. The lowest BCUT2D eigenvalue weighted by Gasteiger charge is -2.10. The van der Waals surface area contributed by atoms with E-state index in [1.54, 1.807) is 20.0 Å². The molecular formula is C12H20N2O4S. The third-order valence-corrected chi connectivity index (χ3v) is 4.62. The highest BCUT2D eigenvalue weighted by atomic mass is 32.2. The Bertz CT molecular complexity index is 518. The predicted molar refractivity (Wildman–Crippen MR) is 70.4 cm³/mol. The summed E-state index contributed by atoms with van der Waals surface area (Å²) in [5.74, 6) is 1.02. The van der Waals surface area contributed by atoms with Gasteiger partial charge in [0.25, 0.3) is 0 Å². The van der Waals surface area contributed by atoms with Crippen molar-refractivity contribution in [1.29, 1.82) is 0 Å². The van der Waals surface area contributed by atoms with E-state index in [0.29, 0.717) is 31.2 Å². The summed E-state index contributed by atoms with van der Waals surface area (Å²) < 4.78 is 37.7. The molecule has 6 nitrogen and oxygen atoms in total. The molecule has 1 aromatic rings. The fourth-order valence-electron chi connectivity index (χ4n) is 2.14. The average molecular weight is 288 g/mol. The molecule has 2 rings (SSSR count). The normalized spacial score (nSPS) is 20.0. The van der Waals surface area contributed by atoms with Crippen molar-refractivity contribution in [2.24, 2.45) is 0 Å². The fraction of sp³-hybridized carbons (Fsp3) is 0.667. The van der Waals surface area contributed by atoms with Crippen LogP contribution in [0.15, 0.2) is 15.4 Å². The Hall–Kier alpha value is -0.890. The van der Waals surface area contributed by atoms with Crippen LogP contribution in [0, 0.1) is 6.92 Å². The van der Waals surface area contributed by atoms with Gasteiger partial charge in [0, 0.05) is 19.2 Å². The summed E-state index contributed by atoms with van der Waals surface area (Å²) >= 11 is 0. The number of rotatable bonds is 6. The van der Waals surface area contributed by atoms with Gasteiger partial charge in [0.1, 0.15) is 16.4 Å². The fourth-order valence-corrected chi connectivity index (χ4v) is 3.41. The molecule has 0 spiro atoms. The van der Waals surface area contributed by atoms with Gasteiger partial charge in [-0.2, -0.15) is 0 Å². The van der Waals surface area contributed by atoms with Crippen molar-refractivity contribution in [1.82, 2.24) is 10.0 Å². The molecule has 1 saturated heterocycles. The van der Waals surface area contributed by atoms with Gasteiger partial charge in [-0.3, -0.25) is 0 Å². The van der Waals surface area contributed by atoms with Gasteiger partial charge in [-0.25, -0.2) is 13.1 Å². The van der Waals surface area contributed by atoms with Crippen molar-refractivity contribution < 1.29 is 17.6 Å². The topological polar surface area (TPSA) is 80.6 Å². The van der Waals surface area contributed by atoms with Crippen molar-refractivity contribution in [3.63, 3.8) is 0 Å². The second-order valence-corrected chi connectivity index (χ2v) is 6.39. The Morgan fingerprint density at radius 1 is 1.47 bits per heavy atom. The standard InChI is InChI=1S/C12H20N2O4S/c1-9-12(6-11(18-9)7-13-2)19(15,16)14-8-10-4-3-5-17-10/h6,10,13-14H,3-5,7-8H2,1-2H3. The van der Waals surface area contributed by atoms with Gasteiger partial charge in [0.2, 0.25) is 10.0 Å². The molecule has 0 bridgehead atoms. The van der Waals surface area contributed by atoms with Crippen LogP contribution < -0.4 is 10.0 Å². The third-order valence-electron chi connectivity index (χ3n) is 3.09. The predicted octanol–water partition coefficient (Wildman–Crippen LogP) is 0.765. The number of nitrogens with one attached hydrogen (secondary N) is 2. The molecule has 0 radical (unpaired) electrons. The molecule has 0 saturated carbocycles.